The van der Waals surface area contributed by atoms with E-state index in [1.54, 1.807) is 0 Å². The zero-order valence-corrected chi connectivity index (χ0v) is 9.54. The largest absolute Gasteiger partial charge is 0.394 e. The van der Waals surface area contributed by atoms with Crippen molar-refractivity contribution < 1.29 is 5.11 Å². The number of hydrogen-bond donors (Lipinski definition) is 2. The number of rotatable bonds is 4. The summed E-state index contributed by atoms with van der Waals surface area (Å²) < 4.78 is 0. The molecule has 0 aliphatic carbocycles. The molecular formula is C12H17NOS. The number of thioether (sulfide) groups is 1. The molecule has 82 valence electrons. The van der Waals surface area contributed by atoms with E-state index in [4.69, 9.17) is 0 Å². The molecule has 0 radical (unpaired) electrons. The van der Waals surface area contributed by atoms with E-state index in [-0.39, 0.29) is 12.6 Å². The van der Waals surface area contributed by atoms with E-state index in [9.17, 15) is 5.11 Å². The fourth-order valence-corrected chi connectivity index (χ4v) is 3.06. The second kappa shape index (κ2) is 5.54. The third-order valence-electron chi connectivity index (χ3n) is 2.75. The highest BCUT2D eigenvalue weighted by atomic mass is 32.2. The summed E-state index contributed by atoms with van der Waals surface area (Å²) >= 11 is 1.99. The molecule has 1 fully saturated rings. The van der Waals surface area contributed by atoms with E-state index in [1.807, 2.05) is 30.0 Å². The Bertz CT molecular complexity index is 285. The molecule has 1 aliphatic rings. The Morgan fingerprint density at radius 1 is 1.40 bits per heavy atom. The highest BCUT2D eigenvalue weighted by Gasteiger charge is 2.19. The van der Waals surface area contributed by atoms with Gasteiger partial charge in [-0.25, -0.2) is 0 Å². The lowest BCUT2D eigenvalue weighted by Gasteiger charge is -2.20. The van der Waals surface area contributed by atoms with Gasteiger partial charge in [0.2, 0.25) is 0 Å². The number of nitrogens with one attached hydrogen (secondary N) is 1. The van der Waals surface area contributed by atoms with Gasteiger partial charge in [-0.3, -0.25) is 0 Å². The van der Waals surface area contributed by atoms with Gasteiger partial charge in [-0.1, -0.05) is 30.3 Å². The van der Waals surface area contributed by atoms with Gasteiger partial charge in [0.25, 0.3) is 0 Å². The third kappa shape index (κ3) is 2.97. The Morgan fingerprint density at radius 3 is 2.80 bits per heavy atom. The zero-order chi connectivity index (χ0) is 10.5. The normalized spacial score (nSPS) is 22.9. The van der Waals surface area contributed by atoms with Crippen molar-refractivity contribution in [3.63, 3.8) is 0 Å². The summed E-state index contributed by atoms with van der Waals surface area (Å²) in [6.07, 6.45) is 1.22. The first-order chi connectivity index (χ1) is 7.40. The van der Waals surface area contributed by atoms with Crippen molar-refractivity contribution in [1.29, 1.82) is 0 Å². The van der Waals surface area contributed by atoms with Crippen molar-refractivity contribution in [2.75, 3.05) is 18.1 Å². The van der Waals surface area contributed by atoms with Gasteiger partial charge < -0.3 is 10.4 Å². The van der Waals surface area contributed by atoms with Gasteiger partial charge in [0.15, 0.2) is 0 Å². The summed E-state index contributed by atoms with van der Waals surface area (Å²) in [4.78, 5) is 0. The molecule has 1 aromatic carbocycles. The molecule has 0 unspecified atom stereocenters. The van der Waals surface area contributed by atoms with Crippen LogP contribution in [0.5, 0.6) is 0 Å². The van der Waals surface area contributed by atoms with E-state index in [2.05, 4.69) is 17.4 Å². The van der Waals surface area contributed by atoms with E-state index < -0.39 is 0 Å². The molecule has 2 rings (SSSR count). The standard InChI is InChI=1S/C12H17NOS/c14-8-12(10-4-2-1-3-5-10)13-11-6-7-15-9-11/h1-5,11-14H,6-9H2/t11-,12-/m0/s1. The predicted molar refractivity (Wildman–Crippen MR) is 65.1 cm³/mol. The highest BCUT2D eigenvalue weighted by molar-refractivity contribution is 7.99. The number of hydrogen-bond acceptors (Lipinski definition) is 3. The van der Waals surface area contributed by atoms with Crippen LogP contribution in [0.2, 0.25) is 0 Å². The number of benzene rings is 1. The molecule has 0 aromatic heterocycles. The lowest BCUT2D eigenvalue weighted by Crippen LogP contribution is -2.34. The molecule has 1 aliphatic heterocycles. The smallest absolute Gasteiger partial charge is 0.0626 e. The summed E-state index contributed by atoms with van der Waals surface area (Å²) in [5.74, 6) is 2.41. The molecule has 0 saturated carbocycles. The van der Waals surface area contributed by atoms with Crippen molar-refractivity contribution in [1.82, 2.24) is 5.32 Å². The van der Waals surface area contributed by atoms with Crippen LogP contribution in [0.3, 0.4) is 0 Å². The molecule has 1 heterocycles. The first-order valence-electron chi connectivity index (χ1n) is 5.40. The van der Waals surface area contributed by atoms with Gasteiger partial charge in [-0.2, -0.15) is 11.8 Å². The maximum absolute atomic E-state index is 9.37. The van der Waals surface area contributed by atoms with Crippen molar-refractivity contribution in [2.45, 2.75) is 18.5 Å². The van der Waals surface area contributed by atoms with Crippen molar-refractivity contribution in [3.05, 3.63) is 35.9 Å². The second-order valence-corrected chi connectivity index (χ2v) is 5.02. The van der Waals surface area contributed by atoms with Crippen LogP contribution in [0.1, 0.15) is 18.0 Å². The fraction of sp³-hybridized carbons (Fsp3) is 0.500. The topological polar surface area (TPSA) is 32.3 Å². The van der Waals surface area contributed by atoms with Crippen LogP contribution >= 0.6 is 11.8 Å². The van der Waals surface area contributed by atoms with Gasteiger partial charge >= 0.3 is 0 Å². The Morgan fingerprint density at radius 2 is 2.20 bits per heavy atom. The second-order valence-electron chi connectivity index (χ2n) is 3.87. The molecular weight excluding hydrogens is 206 g/mol. The minimum Gasteiger partial charge on any atom is -0.394 e. The van der Waals surface area contributed by atoms with Crippen LogP contribution in [0, 0.1) is 0 Å². The van der Waals surface area contributed by atoms with E-state index in [0.29, 0.717) is 6.04 Å². The van der Waals surface area contributed by atoms with Crippen molar-refractivity contribution in [3.8, 4) is 0 Å². The average molecular weight is 223 g/mol. The van der Waals surface area contributed by atoms with Gasteiger partial charge in [0.05, 0.1) is 12.6 Å². The Kier molecular flexibility index (Phi) is 4.06. The minimum absolute atomic E-state index is 0.0925. The van der Waals surface area contributed by atoms with Crippen molar-refractivity contribution >= 4 is 11.8 Å². The molecule has 0 spiro atoms. The monoisotopic (exact) mass is 223 g/mol. The molecule has 15 heavy (non-hydrogen) atoms. The minimum atomic E-state index is 0.0925. The summed E-state index contributed by atoms with van der Waals surface area (Å²) in [5.41, 5.74) is 1.18. The zero-order valence-electron chi connectivity index (χ0n) is 8.73. The van der Waals surface area contributed by atoms with Gasteiger partial charge in [0, 0.05) is 11.8 Å². The van der Waals surface area contributed by atoms with Crippen LogP contribution in [-0.4, -0.2) is 29.3 Å². The lowest BCUT2D eigenvalue weighted by atomic mass is 10.1. The first kappa shape index (κ1) is 11.0. The molecule has 1 saturated heterocycles. The Hall–Kier alpha value is -0.510. The summed E-state index contributed by atoms with van der Waals surface area (Å²) in [6, 6.07) is 10.8. The fourth-order valence-electron chi connectivity index (χ4n) is 1.89. The molecule has 3 heteroatoms. The third-order valence-corrected chi connectivity index (χ3v) is 3.91. The first-order valence-corrected chi connectivity index (χ1v) is 6.55. The maximum atomic E-state index is 9.37. The van der Waals surface area contributed by atoms with Crippen LogP contribution in [0.4, 0.5) is 0 Å². The quantitative estimate of drug-likeness (QED) is 0.816. The molecule has 2 N–H and O–H groups in total. The lowest BCUT2D eigenvalue weighted by molar-refractivity contribution is 0.236. The van der Waals surface area contributed by atoms with Crippen LogP contribution in [0.15, 0.2) is 30.3 Å². The molecule has 1 aromatic rings. The Labute approximate surface area is 95.1 Å². The summed E-state index contributed by atoms with van der Waals surface area (Å²) in [7, 11) is 0. The number of aliphatic hydroxyl groups excluding tert-OH is 1. The molecule has 0 bridgehead atoms. The SMILES string of the molecule is OC[C@H](N[C@H]1CCSC1)c1ccccc1. The van der Waals surface area contributed by atoms with E-state index in [0.717, 1.165) is 0 Å². The molecule has 0 amide bonds. The van der Waals surface area contributed by atoms with E-state index >= 15 is 0 Å². The Balaban J connectivity index is 1.97. The summed E-state index contributed by atoms with van der Waals surface area (Å²) in [6.45, 7) is 0.172. The maximum Gasteiger partial charge on any atom is 0.0626 e. The van der Waals surface area contributed by atoms with E-state index in [1.165, 1.54) is 23.5 Å². The molecule has 2 atom stereocenters. The van der Waals surface area contributed by atoms with Crippen molar-refractivity contribution in [2.24, 2.45) is 0 Å². The predicted octanol–water partition coefficient (Wildman–Crippen LogP) is 1.82. The van der Waals surface area contributed by atoms with Crippen LogP contribution < -0.4 is 5.32 Å². The van der Waals surface area contributed by atoms with Gasteiger partial charge in [-0.15, -0.1) is 0 Å². The van der Waals surface area contributed by atoms with Crippen LogP contribution in [0.25, 0.3) is 0 Å². The highest BCUT2D eigenvalue weighted by Crippen LogP contribution is 2.21. The summed E-state index contributed by atoms with van der Waals surface area (Å²) in [5, 5.41) is 12.9. The number of aliphatic hydroxyl groups is 1. The van der Waals surface area contributed by atoms with Gasteiger partial charge in [0.1, 0.15) is 0 Å². The van der Waals surface area contributed by atoms with Crippen LogP contribution in [-0.2, 0) is 0 Å². The molecule has 2 nitrogen and oxygen atoms in total. The van der Waals surface area contributed by atoms with Gasteiger partial charge in [-0.05, 0) is 17.7 Å². The average Bonchev–Trinajstić information content (AvgIpc) is 2.80.